The Balaban J connectivity index is 1.62. The molecule has 1 fully saturated rings. The summed E-state index contributed by atoms with van der Waals surface area (Å²) in [6.45, 7) is 4.38. The molecule has 1 saturated heterocycles. The molecule has 1 heterocycles. The van der Waals surface area contributed by atoms with Crippen LogP contribution in [0.15, 0.2) is 70.7 Å². The van der Waals surface area contributed by atoms with Crippen molar-refractivity contribution in [2.24, 2.45) is 0 Å². The fourth-order valence-corrected chi connectivity index (χ4v) is 4.14. The van der Waals surface area contributed by atoms with Crippen LogP contribution in [0.5, 0.6) is 11.5 Å². The van der Waals surface area contributed by atoms with Gasteiger partial charge >= 0.3 is 6.03 Å². The number of hydrogen-bond donors (Lipinski definition) is 1. The van der Waals surface area contributed by atoms with E-state index in [0.717, 1.165) is 28.0 Å². The van der Waals surface area contributed by atoms with Gasteiger partial charge in [-0.2, -0.15) is 0 Å². The number of halogens is 1. The third-order valence-electron chi connectivity index (χ3n) is 5.80. The Morgan fingerprint density at radius 3 is 2.25 bits per heavy atom. The summed E-state index contributed by atoms with van der Waals surface area (Å²) in [4.78, 5) is 39.3. The number of aryl methyl sites for hydroxylation is 2. The van der Waals surface area contributed by atoms with Crippen molar-refractivity contribution >= 4 is 45.5 Å². The molecule has 3 aromatic carbocycles. The Bertz CT molecular complexity index is 1350. The summed E-state index contributed by atoms with van der Waals surface area (Å²) in [5, 5.41) is 2.25. The van der Waals surface area contributed by atoms with Gasteiger partial charge in [0.15, 0.2) is 11.5 Å². The van der Waals surface area contributed by atoms with Crippen molar-refractivity contribution in [3.63, 3.8) is 0 Å². The molecule has 1 aliphatic rings. The van der Waals surface area contributed by atoms with Gasteiger partial charge in [-0.15, -0.1) is 0 Å². The summed E-state index contributed by atoms with van der Waals surface area (Å²) in [6.07, 6.45) is 2.25. The molecule has 0 spiro atoms. The Labute approximate surface area is 217 Å². The van der Waals surface area contributed by atoms with Gasteiger partial charge in [-0.1, -0.05) is 64.8 Å². The van der Waals surface area contributed by atoms with Gasteiger partial charge in [-0.25, -0.2) is 9.69 Å². The van der Waals surface area contributed by atoms with E-state index in [1.54, 1.807) is 24.3 Å². The lowest BCUT2D eigenvalue weighted by atomic mass is 10.1. The van der Waals surface area contributed by atoms with Crippen LogP contribution in [0.1, 0.15) is 29.2 Å². The van der Waals surface area contributed by atoms with Crippen LogP contribution in [-0.2, 0) is 22.6 Å². The van der Waals surface area contributed by atoms with Crippen LogP contribution in [0, 0.1) is 6.92 Å². The first-order valence-corrected chi connectivity index (χ1v) is 12.2. The Hall–Kier alpha value is -3.91. The Kier molecular flexibility index (Phi) is 7.55. The van der Waals surface area contributed by atoms with Crippen molar-refractivity contribution in [2.45, 2.75) is 26.9 Å². The summed E-state index contributed by atoms with van der Waals surface area (Å²) in [7, 11) is 1.51. The maximum atomic E-state index is 13.2. The van der Waals surface area contributed by atoms with Crippen molar-refractivity contribution in [1.82, 2.24) is 5.32 Å². The molecule has 0 aliphatic carbocycles. The monoisotopic (exact) mass is 548 g/mol. The van der Waals surface area contributed by atoms with Crippen LogP contribution >= 0.6 is 15.9 Å². The topological polar surface area (TPSA) is 84.9 Å². The predicted octanol–water partition coefficient (Wildman–Crippen LogP) is 5.57. The zero-order valence-electron chi connectivity index (χ0n) is 20.1. The van der Waals surface area contributed by atoms with Crippen molar-refractivity contribution in [1.29, 1.82) is 0 Å². The Morgan fingerprint density at radius 2 is 1.61 bits per heavy atom. The quantitative estimate of drug-likeness (QED) is 0.308. The molecule has 0 aromatic heterocycles. The predicted molar refractivity (Wildman–Crippen MR) is 141 cm³/mol. The van der Waals surface area contributed by atoms with E-state index in [-0.39, 0.29) is 5.57 Å². The second kappa shape index (κ2) is 10.8. The maximum Gasteiger partial charge on any atom is 0.335 e. The van der Waals surface area contributed by atoms with E-state index in [0.29, 0.717) is 33.8 Å². The zero-order valence-corrected chi connectivity index (χ0v) is 21.7. The lowest BCUT2D eigenvalue weighted by Gasteiger charge is -2.26. The van der Waals surface area contributed by atoms with Gasteiger partial charge < -0.3 is 9.47 Å². The van der Waals surface area contributed by atoms with E-state index in [2.05, 4.69) is 21.2 Å². The molecular formula is C28H25BrN2O5. The first kappa shape index (κ1) is 25.2. The van der Waals surface area contributed by atoms with E-state index >= 15 is 0 Å². The summed E-state index contributed by atoms with van der Waals surface area (Å²) in [6, 6.07) is 17.7. The number of imide groups is 2. The highest BCUT2D eigenvalue weighted by Crippen LogP contribution is 2.35. The normalized spacial score (nSPS) is 14.7. The summed E-state index contributed by atoms with van der Waals surface area (Å²) >= 11 is 3.50. The second-order valence-electron chi connectivity index (χ2n) is 8.28. The molecular weight excluding hydrogens is 524 g/mol. The Morgan fingerprint density at radius 1 is 0.944 bits per heavy atom. The van der Waals surface area contributed by atoms with E-state index in [1.165, 1.54) is 13.2 Å². The van der Waals surface area contributed by atoms with E-state index in [4.69, 9.17) is 9.47 Å². The first-order valence-electron chi connectivity index (χ1n) is 11.4. The molecule has 8 heteroatoms. The molecule has 0 unspecified atom stereocenters. The molecule has 4 amide bonds. The molecule has 184 valence electrons. The standard InChI is InChI=1S/C28H25BrN2O5/c1-4-18-9-11-21(12-10-18)31-27(33)22(26(32)30-28(31)34)13-20-14-24(35-3)25(15-23(20)29)36-16-19-7-5-17(2)6-8-19/h5-15H,4,16H2,1-3H3,(H,30,32,34)/b22-13-. The number of ether oxygens (including phenoxy) is 2. The van der Waals surface area contributed by atoms with Crippen molar-refractivity contribution < 1.29 is 23.9 Å². The van der Waals surface area contributed by atoms with E-state index < -0.39 is 17.8 Å². The van der Waals surface area contributed by atoms with Crippen LogP contribution in [0.4, 0.5) is 10.5 Å². The number of barbiturate groups is 1. The summed E-state index contributed by atoms with van der Waals surface area (Å²) in [5.74, 6) is -0.543. The number of nitrogens with one attached hydrogen (secondary N) is 1. The SMILES string of the molecule is CCc1ccc(N2C(=O)NC(=O)/C(=C/c3cc(OC)c(OCc4ccc(C)cc4)cc3Br)C2=O)cc1. The lowest BCUT2D eigenvalue weighted by molar-refractivity contribution is -0.122. The average Bonchev–Trinajstić information content (AvgIpc) is 2.87. The molecule has 36 heavy (non-hydrogen) atoms. The van der Waals surface area contributed by atoms with Gasteiger partial charge in [-0.05, 0) is 60.4 Å². The minimum Gasteiger partial charge on any atom is -0.493 e. The molecule has 0 radical (unpaired) electrons. The summed E-state index contributed by atoms with van der Waals surface area (Å²) in [5.41, 5.74) is 3.96. The van der Waals surface area contributed by atoms with Crippen molar-refractivity contribution in [3.8, 4) is 11.5 Å². The summed E-state index contributed by atoms with van der Waals surface area (Å²) < 4.78 is 12.0. The van der Waals surface area contributed by atoms with E-state index in [9.17, 15) is 14.4 Å². The number of rotatable bonds is 7. The highest BCUT2D eigenvalue weighted by atomic mass is 79.9. The van der Waals surface area contributed by atoms with Gasteiger partial charge in [0.05, 0.1) is 12.8 Å². The van der Waals surface area contributed by atoms with Crippen LogP contribution in [0.3, 0.4) is 0 Å². The average molecular weight is 549 g/mol. The fraction of sp³-hybridized carbons (Fsp3) is 0.179. The molecule has 1 aliphatic heterocycles. The maximum absolute atomic E-state index is 13.2. The van der Waals surface area contributed by atoms with Gasteiger partial charge in [0.1, 0.15) is 12.2 Å². The minimum atomic E-state index is -0.789. The van der Waals surface area contributed by atoms with Crippen LogP contribution in [0.25, 0.3) is 6.08 Å². The number of benzene rings is 3. The second-order valence-corrected chi connectivity index (χ2v) is 9.13. The smallest absolute Gasteiger partial charge is 0.335 e. The number of methoxy groups -OCH3 is 1. The molecule has 7 nitrogen and oxygen atoms in total. The lowest BCUT2D eigenvalue weighted by Crippen LogP contribution is -2.54. The zero-order chi connectivity index (χ0) is 25.8. The molecule has 1 N–H and O–H groups in total. The molecule has 3 aromatic rings. The number of amides is 4. The molecule has 4 rings (SSSR count). The van der Waals surface area contributed by atoms with Gasteiger partial charge in [0, 0.05) is 4.47 Å². The van der Waals surface area contributed by atoms with Gasteiger partial charge in [-0.3, -0.25) is 14.9 Å². The fourth-order valence-electron chi connectivity index (χ4n) is 3.71. The largest absolute Gasteiger partial charge is 0.493 e. The number of urea groups is 1. The van der Waals surface area contributed by atoms with Crippen molar-refractivity contribution in [2.75, 3.05) is 12.0 Å². The number of carbonyl (C=O) groups is 3. The number of hydrogen-bond acceptors (Lipinski definition) is 5. The van der Waals surface area contributed by atoms with E-state index in [1.807, 2.05) is 50.2 Å². The van der Waals surface area contributed by atoms with Crippen LogP contribution in [0.2, 0.25) is 0 Å². The molecule has 0 atom stereocenters. The minimum absolute atomic E-state index is 0.176. The van der Waals surface area contributed by atoms with Crippen molar-refractivity contribution in [3.05, 3.63) is 93.0 Å². The van der Waals surface area contributed by atoms with Crippen LogP contribution in [-0.4, -0.2) is 25.0 Å². The highest BCUT2D eigenvalue weighted by Gasteiger charge is 2.37. The van der Waals surface area contributed by atoms with Crippen LogP contribution < -0.4 is 19.7 Å². The third kappa shape index (κ3) is 5.33. The molecule has 0 bridgehead atoms. The number of nitrogens with zero attached hydrogens (tertiary/aromatic N) is 1. The highest BCUT2D eigenvalue weighted by molar-refractivity contribution is 9.10. The third-order valence-corrected chi connectivity index (χ3v) is 6.49. The number of anilines is 1. The van der Waals surface area contributed by atoms with Gasteiger partial charge in [0.2, 0.25) is 0 Å². The first-order chi connectivity index (χ1) is 17.3. The molecule has 0 saturated carbocycles. The number of carbonyl (C=O) groups excluding carboxylic acids is 3. The van der Waals surface area contributed by atoms with Gasteiger partial charge in [0.25, 0.3) is 11.8 Å².